The normalized spacial score (nSPS) is 11.6. The predicted octanol–water partition coefficient (Wildman–Crippen LogP) is 5.79. The first-order chi connectivity index (χ1) is 13.4. The van der Waals surface area contributed by atoms with Crippen molar-refractivity contribution in [2.75, 3.05) is 0 Å². The summed E-state index contributed by atoms with van der Waals surface area (Å²) in [6.07, 6.45) is -2.79. The fourth-order valence-corrected chi connectivity index (χ4v) is 2.82. The second-order valence-corrected chi connectivity index (χ2v) is 6.23. The van der Waals surface area contributed by atoms with Crippen LogP contribution in [0.25, 0.3) is 34.0 Å². The minimum Gasteiger partial charge on any atom is -0.356 e. The first-order valence-electron chi connectivity index (χ1n) is 8.45. The summed E-state index contributed by atoms with van der Waals surface area (Å²) in [6.45, 7) is 1.81. The molecule has 0 bridgehead atoms. The number of benzene rings is 2. The predicted molar refractivity (Wildman–Crippen MR) is 98.1 cm³/mol. The van der Waals surface area contributed by atoms with E-state index in [9.17, 15) is 13.2 Å². The number of hydrogen-bond acceptors (Lipinski definition) is 4. The first-order valence-corrected chi connectivity index (χ1v) is 8.45. The van der Waals surface area contributed by atoms with E-state index in [4.69, 9.17) is 4.52 Å². The number of alkyl halides is 3. The van der Waals surface area contributed by atoms with E-state index in [0.29, 0.717) is 28.4 Å². The summed E-state index contributed by atoms with van der Waals surface area (Å²) < 4.78 is 43.8. The Hall–Kier alpha value is -3.48. The lowest BCUT2D eigenvalue weighted by molar-refractivity contribution is -0.137. The van der Waals surface area contributed by atoms with Crippen molar-refractivity contribution < 1.29 is 17.7 Å². The van der Waals surface area contributed by atoms with E-state index in [1.54, 1.807) is 12.3 Å². The Labute approximate surface area is 158 Å². The summed E-state index contributed by atoms with van der Waals surface area (Å²) in [5.41, 5.74) is 2.60. The van der Waals surface area contributed by atoms with E-state index in [0.717, 1.165) is 23.4 Å². The third-order valence-electron chi connectivity index (χ3n) is 4.20. The summed E-state index contributed by atoms with van der Waals surface area (Å²) in [6, 6.07) is 16.0. The number of nitrogens with zero attached hydrogens (tertiary/aromatic N) is 3. The van der Waals surface area contributed by atoms with E-state index in [-0.39, 0.29) is 0 Å². The molecule has 0 aliphatic carbocycles. The molecular formula is C21H14F3N3O. The van der Waals surface area contributed by atoms with Gasteiger partial charge in [-0.15, -0.1) is 0 Å². The van der Waals surface area contributed by atoms with Crippen LogP contribution in [-0.2, 0) is 6.18 Å². The molecule has 2 aromatic heterocycles. The molecule has 28 heavy (non-hydrogen) atoms. The van der Waals surface area contributed by atoms with E-state index >= 15 is 0 Å². The van der Waals surface area contributed by atoms with Crippen molar-refractivity contribution in [2.24, 2.45) is 0 Å². The summed E-state index contributed by atoms with van der Waals surface area (Å²) in [5.74, 6) is 0.850. The van der Waals surface area contributed by atoms with Crippen molar-refractivity contribution in [3.05, 3.63) is 78.1 Å². The fraction of sp³-hybridized carbons (Fsp3) is 0.0952. The lowest BCUT2D eigenvalue weighted by Gasteiger charge is -2.10. The summed E-state index contributed by atoms with van der Waals surface area (Å²) in [7, 11) is 0. The molecule has 4 rings (SSSR count). The molecule has 0 atom stereocenters. The molecule has 4 aromatic rings. The Morgan fingerprint density at radius 3 is 2.21 bits per heavy atom. The molecule has 0 N–H and O–H groups in total. The Bertz CT molecular complexity index is 1100. The van der Waals surface area contributed by atoms with Gasteiger partial charge in [0, 0.05) is 23.4 Å². The summed E-state index contributed by atoms with van der Waals surface area (Å²) >= 11 is 0. The number of halogens is 3. The van der Waals surface area contributed by atoms with Gasteiger partial charge < -0.3 is 4.52 Å². The van der Waals surface area contributed by atoms with Gasteiger partial charge in [-0.1, -0.05) is 47.6 Å². The van der Waals surface area contributed by atoms with Crippen LogP contribution in [0.2, 0.25) is 0 Å². The minimum absolute atomic E-state index is 0.326. The highest BCUT2D eigenvalue weighted by Gasteiger charge is 2.30. The van der Waals surface area contributed by atoms with E-state index < -0.39 is 11.7 Å². The molecule has 0 amide bonds. The van der Waals surface area contributed by atoms with Crippen LogP contribution >= 0.6 is 0 Å². The smallest absolute Gasteiger partial charge is 0.356 e. The highest BCUT2D eigenvalue weighted by atomic mass is 19.4. The molecule has 0 aliphatic rings. The van der Waals surface area contributed by atoms with Gasteiger partial charge in [-0.2, -0.15) is 13.2 Å². The van der Waals surface area contributed by atoms with E-state index in [1.807, 2.05) is 37.3 Å². The first kappa shape index (κ1) is 17.9. The summed E-state index contributed by atoms with van der Waals surface area (Å²) in [5, 5.41) is 3.90. The standard InChI is InChI=1S/C21H14F3N3O/c1-13-11-18(28-27-13)17-12-25-20(26-19(17)14-5-3-2-4-6-14)15-7-9-16(10-8-15)21(22,23)24/h2-12H,1H3. The highest BCUT2D eigenvalue weighted by Crippen LogP contribution is 2.33. The average molecular weight is 381 g/mol. The molecule has 0 unspecified atom stereocenters. The third kappa shape index (κ3) is 3.51. The minimum atomic E-state index is -4.39. The lowest BCUT2D eigenvalue weighted by Crippen LogP contribution is -2.04. The molecule has 4 nitrogen and oxygen atoms in total. The fourth-order valence-electron chi connectivity index (χ4n) is 2.82. The van der Waals surface area contributed by atoms with Crippen molar-refractivity contribution in [1.29, 1.82) is 0 Å². The van der Waals surface area contributed by atoms with Crippen LogP contribution in [-0.4, -0.2) is 15.1 Å². The van der Waals surface area contributed by atoms with E-state index in [1.165, 1.54) is 12.1 Å². The second-order valence-electron chi connectivity index (χ2n) is 6.23. The van der Waals surface area contributed by atoms with Gasteiger partial charge >= 0.3 is 6.18 Å². The van der Waals surface area contributed by atoms with Gasteiger partial charge in [-0.05, 0) is 19.1 Å². The zero-order chi connectivity index (χ0) is 19.7. The van der Waals surface area contributed by atoms with Crippen LogP contribution in [0, 0.1) is 6.92 Å². The molecule has 2 heterocycles. The molecule has 0 radical (unpaired) electrons. The average Bonchev–Trinajstić information content (AvgIpc) is 3.14. The maximum absolute atomic E-state index is 12.8. The van der Waals surface area contributed by atoms with Gasteiger partial charge in [-0.3, -0.25) is 0 Å². The molecule has 2 aromatic carbocycles. The van der Waals surface area contributed by atoms with Gasteiger partial charge in [0.1, 0.15) is 0 Å². The van der Waals surface area contributed by atoms with Crippen molar-refractivity contribution in [1.82, 2.24) is 15.1 Å². The molecule has 140 valence electrons. The maximum atomic E-state index is 12.8. The maximum Gasteiger partial charge on any atom is 0.416 e. The van der Waals surface area contributed by atoms with E-state index in [2.05, 4.69) is 15.1 Å². The zero-order valence-electron chi connectivity index (χ0n) is 14.7. The van der Waals surface area contributed by atoms with Crippen LogP contribution in [0.5, 0.6) is 0 Å². The largest absolute Gasteiger partial charge is 0.416 e. The number of aryl methyl sites for hydroxylation is 1. The number of aromatic nitrogens is 3. The molecule has 0 aliphatic heterocycles. The second kappa shape index (κ2) is 6.92. The monoisotopic (exact) mass is 381 g/mol. The quantitative estimate of drug-likeness (QED) is 0.450. The molecule has 0 saturated carbocycles. The molecule has 0 saturated heterocycles. The van der Waals surface area contributed by atoms with Crippen LogP contribution in [0.4, 0.5) is 13.2 Å². The van der Waals surface area contributed by atoms with Gasteiger partial charge in [0.25, 0.3) is 0 Å². The van der Waals surface area contributed by atoms with Crippen molar-refractivity contribution in [2.45, 2.75) is 13.1 Å². The topological polar surface area (TPSA) is 51.8 Å². The Kier molecular flexibility index (Phi) is 4.43. The van der Waals surface area contributed by atoms with Crippen LogP contribution in [0.15, 0.2) is 71.4 Å². The van der Waals surface area contributed by atoms with Crippen molar-refractivity contribution >= 4 is 0 Å². The Balaban J connectivity index is 1.82. The van der Waals surface area contributed by atoms with Gasteiger partial charge in [0.05, 0.1) is 22.5 Å². The third-order valence-corrected chi connectivity index (χ3v) is 4.20. The lowest BCUT2D eigenvalue weighted by atomic mass is 10.0. The van der Waals surface area contributed by atoms with Crippen LogP contribution in [0.1, 0.15) is 11.3 Å². The molecular weight excluding hydrogens is 367 g/mol. The zero-order valence-corrected chi connectivity index (χ0v) is 14.7. The molecule has 7 heteroatoms. The number of rotatable bonds is 3. The van der Waals surface area contributed by atoms with Crippen molar-refractivity contribution in [3.63, 3.8) is 0 Å². The van der Waals surface area contributed by atoms with Gasteiger partial charge in [0.15, 0.2) is 11.6 Å². The van der Waals surface area contributed by atoms with Gasteiger partial charge in [0.2, 0.25) is 0 Å². The Morgan fingerprint density at radius 2 is 1.61 bits per heavy atom. The summed E-state index contributed by atoms with van der Waals surface area (Å²) in [4.78, 5) is 8.94. The van der Waals surface area contributed by atoms with Crippen LogP contribution in [0.3, 0.4) is 0 Å². The van der Waals surface area contributed by atoms with Crippen LogP contribution < -0.4 is 0 Å². The Morgan fingerprint density at radius 1 is 0.893 bits per heavy atom. The molecule has 0 fully saturated rings. The number of hydrogen-bond donors (Lipinski definition) is 0. The van der Waals surface area contributed by atoms with Crippen molar-refractivity contribution in [3.8, 4) is 34.0 Å². The van der Waals surface area contributed by atoms with Gasteiger partial charge in [-0.25, -0.2) is 9.97 Å². The molecule has 0 spiro atoms. The SMILES string of the molecule is Cc1cc(-c2cnc(-c3ccc(C(F)(F)F)cc3)nc2-c2ccccc2)on1. The highest BCUT2D eigenvalue weighted by molar-refractivity contribution is 5.79.